The topological polar surface area (TPSA) is 64.9 Å². The number of nitrogens with two attached hydrogens (primary N) is 1. The van der Waals surface area contributed by atoms with Gasteiger partial charge in [-0.3, -0.25) is 4.98 Å². The second kappa shape index (κ2) is 4.94. The summed E-state index contributed by atoms with van der Waals surface area (Å²) in [6.45, 7) is 0. The molecule has 0 aliphatic rings. The largest absolute Gasteiger partial charge is 0.380 e. The van der Waals surface area contributed by atoms with Gasteiger partial charge in [-0.15, -0.1) is 0 Å². The van der Waals surface area contributed by atoms with E-state index in [0.717, 1.165) is 5.56 Å². The van der Waals surface area contributed by atoms with E-state index in [9.17, 15) is 4.39 Å². The van der Waals surface area contributed by atoms with Crippen molar-refractivity contribution in [1.82, 2.24) is 10.1 Å². The molecule has 0 atom stereocenters. The first kappa shape index (κ1) is 12.6. The lowest BCUT2D eigenvalue weighted by atomic mass is 10.0. The maximum absolute atomic E-state index is 13.2. The van der Waals surface area contributed by atoms with Crippen LogP contribution in [0.15, 0.2) is 47.2 Å². The average molecular weight is 290 g/mol. The molecule has 3 aromatic rings. The highest BCUT2D eigenvalue weighted by atomic mass is 35.5. The van der Waals surface area contributed by atoms with Gasteiger partial charge in [0.15, 0.2) is 11.6 Å². The molecule has 4 nitrogen and oxygen atoms in total. The van der Waals surface area contributed by atoms with Gasteiger partial charge in [0.25, 0.3) is 0 Å². The highest BCUT2D eigenvalue weighted by molar-refractivity contribution is 6.31. The molecule has 0 aliphatic carbocycles. The number of benzene rings is 1. The van der Waals surface area contributed by atoms with Crippen LogP contribution in [0.4, 0.5) is 10.2 Å². The van der Waals surface area contributed by atoms with Gasteiger partial charge in [0.1, 0.15) is 5.82 Å². The number of anilines is 1. The van der Waals surface area contributed by atoms with Gasteiger partial charge < -0.3 is 10.3 Å². The first-order valence-corrected chi connectivity index (χ1v) is 6.15. The van der Waals surface area contributed by atoms with E-state index in [-0.39, 0.29) is 10.8 Å². The fraction of sp³-hybridized carbons (Fsp3) is 0. The first-order valence-electron chi connectivity index (χ1n) is 5.78. The van der Waals surface area contributed by atoms with Crippen molar-refractivity contribution in [2.75, 3.05) is 5.73 Å². The molecule has 3 rings (SSSR count). The highest BCUT2D eigenvalue weighted by Gasteiger charge is 2.18. The van der Waals surface area contributed by atoms with E-state index in [1.165, 1.54) is 12.1 Å². The standard InChI is InChI=1S/C14H9ClFN3O/c15-10-6-8(3-4-11(10)16)13-12(14(17)19-20-13)9-2-1-5-18-7-9/h1-7H,(H2,17,19). The summed E-state index contributed by atoms with van der Waals surface area (Å²) in [7, 11) is 0. The smallest absolute Gasteiger partial charge is 0.177 e. The zero-order chi connectivity index (χ0) is 14.1. The minimum Gasteiger partial charge on any atom is -0.380 e. The van der Waals surface area contributed by atoms with Crippen molar-refractivity contribution in [1.29, 1.82) is 0 Å². The molecule has 20 heavy (non-hydrogen) atoms. The fourth-order valence-corrected chi connectivity index (χ4v) is 2.11. The third kappa shape index (κ3) is 2.12. The molecule has 0 saturated carbocycles. The van der Waals surface area contributed by atoms with Crippen LogP contribution in [0, 0.1) is 5.82 Å². The van der Waals surface area contributed by atoms with Crippen molar-refractivity contribution in [3.05, 3.63) is 53.6 Å². The van der Waals surface area contributed by atoms with Crippen molar-refractivity contribution in [3.63, 3.8) is 0 Å². The summed E-state index contributed by atoms with van der Waals surface area (Å²) < 4.78 is 18.5. The average Bonchev–Trinajstić information content (AvgIpc) is 2.85. The second-order valence-corrected chi connectivity index (χ2v) is 4.55. The van der Waals surface area contributed by atoms with Gasteiger partial charge in [0, 0.05) is 23.5 Å². The van der Waals surface area contributed by atoms with Gasteiger partial charge in [0.2, 0.25) is 0 Å². The van der Waals surface area contributed by atoms with Gasteiger partial charge in [-0.1, -0.05) is 22.8 Å². The fourth-order valence-electron chi connectivity index (χ4n) is 1.93. The summed E-state index contributed by atoms with van der Waals surface area (Å²) in [6.07, 6.45) is 3.30. The van der Waals surface area contributed by atoms with Crippen molar-refractivity contribution >= 4 is 17.4 Å². The molecule has 2 N–H and O–H groups in total. The quantitative estimate of drug-likeness (QED) is 0.780. The number of aromatic nitrogens is 2. The van der Waals surface area contributed by atoms with E-state index in [1.54, 1.807) is 24.5 Å². The predicted octanol–water partition coefficient (Wildman–Crippen LogP) is 3.78. The molecule has 0 amide bonds. The van der Waals surface area contributed by atoms with Crippen LogP contribution in [0.2, 0.25) is 5.02 Å². The zero-order valence-corrected chi connectivity index (χ0v) is 10.9. The molecule has 100 valence electrons. The lowest BCUT2D eigenvalue weighted by Crippen LogP contribution is -1.89. The van der Waals surface area contributed by atoms with Gasteiger partial charge in [-0.05, 0) is 24.3 Å². The van der Waals surface area contributed by atoms with Crippen molar-refractivity contribution in [2.24, 2.45) is 0 Å². The second-order valence-electron chi connectivity index (χ2n) is 4.14. The summed E-state index contributed by atoms with van der Waals surface area (Å²) in [5.74, 6) is 0.177. The first-order chi connectivity index (χ1) is 9.66. The van der Waals surface area contributed by atoms with Gasteiger partial charge in [-0.2, -0.15) is 0 Å². The molecule has 0 bridgehead atoms. The van der Waals surface area contributed by atoms with Crippen molar-refractivity contribution in [2.45, 2.75) is 0 Å². The number of nitrogen functional groups attached to an aromatic ring is 1. The van der Waals surface area contributed by atoms with Gasteiger partial charge in [-0.25, -0.2) is 4.39 Å². The Bertz CT molecular complexity index is 758. The molecule has 6 heteroatoms. The van der Waals surface area contributed by atoms with Crippen LogP contribution < -0.4 is 5.73 Å². The predicted molar refractivity (Wildman–Crippen MR) is 74.6 cm³/mol. The molecule has 2 heterocycles. The Balaban J connectivity index is 2.18. The molecule has 1 aromatic carbocycles. The summed E-state index contributed by atoms with van der Waals surface area (Å²) in [5, 5.41) is 3.77. The summed E-state index contributed by atoms with van der Waals surface area (Å²) in [6, 6.07) is 7.91. The Hall–Kier alpha value is -2.40. The van der Waals surface area contributed by atoms with E-state index in [1.807, 2.05) is 6.07 Å². The molecule has 2 aromatic heterocycles. The van der Waals surface area contributed by atoms with Crippen LogP contribution in [0.5, 0.6) is 0 Å². The Morgan fingerprint density at radius 3 is 2.75 bits per heavy atom. The minimum atomic E-state index is -0.495. The normalized spacial score (nSPS) is 10.7. The van der Waals surface area contributed by atoms with E-state index in [0.29, 0.717) is 16.9 Å². The van der Waals surface area contributed by atoms with Gasteiger partial charge in [0.05, 0.1) is 10.6 Å². The lowest BCUT2D eigenvalue weighted by Gasteiger charge is -2.03. The molecule has 0 unspecified atom stereocenters. The summed E-state index contributed by atoms with van der Waals surface area (Å²) in [5.41, 5.74) is 7.81. The number of halogens is 2. The Morgan fingerprint density at radius 2 is 2.05 bits per heavy atom. The number of hydrogen-bond acceptors (Lipinski definition) is 4. The molecule has 0 fully saturated rings. The van der Waals surface area contributed by atoms with Crippen molar-refractivity contribution < 1.29 is 8.91 Å². The summed E-state index contributed by atoms with van der Waals surface area (Å²) in [4.78, 5) is 4.04. The number of rotatable bonds is 2. The third-order valence-electron chi connectivity index (χ3n) is 2.85. The number of pyridine rings is 1. The van der Waals surface area contributed by atoms with Crippen LogP contribution in [-0.2, 0) is 0 Å². The highest BCUT2D eigenvalue weighted by Crippen LogP contribution is 2.37. The maximum atomic E-state index is 13.2. The molecule has 0 aliphatic heterocycles. The Morgan fingerprint density at radius 1 is 1.20 bits per heavy atom. The molecular formula is C14H9ClFN3O. The SMILES string of the molecule is Nc1noc(-c2ccc(F)c(Cl)c2)c1-c1cccnc1. The van der Waals surface area contributed by atoms with Crippen LogP contribution >= 0.6 is 11.6 Å². The van der Waals surface area contributed by atoms with Crippen molar-refractivity contribution in [3.8, 4) is 22.5 Å². The van der Waals surface area contributed by atoms with E-state index < -0.39 is 5.82 Å². The molecular weight excluding hydrogens is 281 g/mol. The molecule has 0 radical (unpaired) electrons. The maximum Gasteiger partial charge on any atom is 0.177 e. The van der Waals surface area contributed by atoms with E-state index >= 15 is 0 Å². The number of hydrogen-bond donors (Lipinski definition) is 1. The van der Waals surface area contributed by atoms with Crippen LogP contribution in [0.3, 0.4) is 0 Å². The number of nitrogens with zero attached hydrogens (tertiary/aromatic N) is 2. The monoisotopic (exact) mass is 289 g/mol. The Labute approximate surface area is 119 Å². The van der Waals surface area contributed by atoms with E-state index in [2.05, 4.69) is 10.1 Å². The van der Waals surface area contributed by atoms with E-state index in [4.69, 9.17) is 21.9 Å². The zero-order valence-electron chi connectivity index (χ0n) is 10.2. The molecule has 0 spiro atoms. The third-order valence-corrected chi connectivity index (χ3v) is 3.14. The summed E-state index contributed by atoms with van der Waals surface area (Å²) >= 11 is 5.79. The van der Waals surface area contributed by atoms with Crippen LogP contribution in [0.25, 0.3) is 22.5 Å². The lowest BCUT2D eigenvalue weighted by molar-refractivity contribution is 0.436. The molecule has 0 saturated heterocycles. The van der Waals surface area contributed by atoms with Crippen LogP contribution in [-0.4, -0.2) is 10.1 Å². The van der Waals surface area contributed by atoms with Crippen LogP contribution in [0.1, 0.15) is 0 Å². The Kier molecular flexibility index (Phi) is 3.12. The van der Waals surface area contributed by atoms with Gasteiger partial charge >= 0.3 is 0 Å². The minimum absolute atomic E-state index is 0.00890.